The number of hydrogen-bond acceptors (Lipinski definition) is 5. The van der Waals surface area contributed by atoms with Crippen LogP contribution in [0.1, 0.15) is 19.5 Å². The average Bonchev–Trinajstić information content (AvgIpc) is 2.26. The second kappa shape index (κ2) is 4.72. The smallest absolute Gasteiger partial charge is 0.330 e. The molecule has 0 saturated heterocycles. The Morgan fingerprint density at radius 3 is 2.47 bits per heavy atom. The predicted molar refractivity (Wildman–Crippen MR) is 73.6 cm³/mol. The molecule has 1 aromatic heterocycles. The van der Waals surface area contributed by atoms with Crippen LogP contribution in [0.3, 0.4) is 0 Å². The van der Waals surface area contributed by atoms with Crippen molar-refractivity contribution in [3.8, 4) is 0 Å². The van der Waals surface area contributed by atoms with Crippen LogP contribution in [0.15, 0.2) is 24.4 Å². The van der Waals surface area contributed by atoms with Crippen LogP contribution in [0.25, 0.3) is 0 Å². The Balaban J connectivity index is 3.28. The number of thiocarbonyl (C=S) groups is 1. The number of aliphatic carboxylic acids is 1. The summed E-state index contributed by atoms with van der Waals surface area (Å²) in [4.78, 5) is 15.5. The van der Waals surface area contributed by atoms with Gasteiger partial charge in [-0.3, -0.25) is 4.98 Å². The van der Waals surface area contributed by atoms with Crippen LogP contribution in [0, 0.1) is 0 Å². The van der Waals surface area contributed by atoms with Crippen molar-refractivity contribution in [2.75, 3.05) is 0 Å². The lowest BCUT2D eigenvalue weighted by Gasteiger charge is -2.36. The zero-order valence-corrected chi connectivity index (χ0v) is 11.3. The third kappa shape index (κ3) is 2.48. The van der Waals surface area contributed by atoms with Gasteiger partial charge in [0.1, 0.15) is 0 Å². The SMILES string of the molecule is CC(C)(S)[C@](N)(C(=O)O)C(=S)c1ccccn1. The van der Waals surface area contributed by atoms with Crippen molar-refractivity contribution in [1.82, 2.24) is 4.98 Å². The van der Waals surface area contributed by atoms with Crippen LogP contribution in [-0.2, 0) is 4.79 Å². The molecule has 3 N–H and O–H groups in total. The number of carboxylic acids is 1. The quantitative estimate of drug-likeness (QED) is 0.437. The van der Waals surface area contributed by atoms with Gasteiger partial charge >= 0.3 is 5.97 Å². The summed E-state index contributed by atoms with van der Waals surface area (Å²) in [6.07, 6.45) is 1.54. The molecule has 0 unspecified atom stereocenters. The summed E-state index contributed by atoms with van der Waals surface area (Å²) in [5.74, 6) is -1.21. The Morgan fingerprint density at radius 1 is 1.53 bits per heavy atom. The van der Waals surface area contributed by atoms with Gasteiger partial charge in [-0.1, -0.05) is 18.3 Å². The van der Waals surface area contributed by atoms with Gasteiger partial charge in [0.15, 0.2) is 5.54 Å². The average molecular weight is 270 g/mol. The highest BCUT2D eigenvalue weighted by Gasteiger charge is 2.50. The lowest BCUT2D eigenvalue weighted by atomic mass is 9.82. The molecular formula is C11H14N2O2S2. The van der Waals surface area contributed by atoms with Crippen LogP contribution in [0.4, 0.5) is 0 Å². The molecule has 1 atom stereocenters. The van der Waals surface area contributed by atoms with Crippen molar-refractivity contribution in [2.24, 2.45) is 5.73 Å². The number of aromatic nitrogens is 1. The van der Waals surface area contributed by atoms with Crippen molar-refractivity contribution in [1.29, 1.82) is 0 Å². The van der Waals surface area contributed by atoms with E-state index >= 15 is 0 Å². The third-order valence-electron chi connectivity index (χ3n) is 2.56. The maximum absolute atomic E-state index is 11.4. The molecule has 0 aliphatic rings. The molecule has 0 spiro atoms. The number of nitrogens with two attached hydrogens (primary N) is 1. The van der Waals surface area contributed by atoms with E-state index in [2.05, 4.69) is 17.6 Å². The van der Waals surface area contributed by atoms with E-state index in [4.69, 9.17) is 18.0 Å². The van der Waals surface area contributed by atoms with Crippen molar-refractivity contribution < 1.29 is 9.90 Å². The number of rotatable bonds is 4. The van der Waals surface area contributed by atoms with Crippen LogP contribution in [-0.4, -0.2) is 31.2 Å². The predicted octanol–water partition coefficient (Wildman–Crippen LogP) is 1.29. The van der Waals surface area contributed by atoms with E-state index in [9.17, 15) is 9.90 Å². The molecule has 0 aliphatic heterocycles. The maximum Gasteiger partial charge on any atom is 0.330 e. The monoisotopic (exact) mass is 270 g/mol. The molecule has 0 radical (unpaired) electrons. The summed E-state index contributed by atoms with van der Waals surface area (Å²) in [5, 5.41) is 9.31. The minimum atomic E-state index is -1.75. The van der Waals surface area contributed by atoms with Crippen molar-refractivity contribution in [3.63, 3.8) is 0 Å². The molecule has 0 aliphatic carbocycles. The largest absolute Gasteiger partial charge is 0.480 e. The Bertz CT molecular complexity index is 443. The van der Waals surface area contributed by atoms with Gasteiger partial charge < -0.3 is 10.8 Å². The van der Waals surface area contributed by atoms with E-state index in [0.29, 0.717) is 5.69 Å². The molecule has 0 bridgehead atoms. The fourth-order valence-corrected chi connectivity index (χ4v) is 2.08. The highest BCUT2D eigenvalue weighted by molar-refractivity contribution is 7.83. The highest BCUT2D eigenvalue weighted by atomic mass is 32.1. The summed E-state index contributed by atoms with van der Waals surface area (Å²) >= 11 is 9.41. The van der Waals surface area contributed by atoms with Gasteiger partial charge in [-0.15, -0.1) is 0 Å². The van der Waals surface area contributed by atoms with Crippen molar-refractivity contribution >= 4 is 35.7 Å². The molecule has 0 aromatic carbocycles. The summed E-state index contributed by atoms with van der Waals surface area (Å²) in [6.45, 7) is 3.22. The first kappa shape index (κ1) is 14.1. The molecule has 92 valence electrons. The van der Waals surface area contributed by atoms with Crippen LogP contribution in [0.2, 0.25) is 0 Å². The van der Waals surface area contributed by atoms with E-state index in [1.165, 1.54) is 6.20 Å². The lowest BCUT2D eigenvalue weighted by Crippen LogP contribution is -2.65. The van der Waals surface area contributed by atoms with Gasteiger partial charge in [0.05, 0.1) is 10.6 Å². The number of pyridine rings is 1. The normalized spacial score (nSPS) is 15.1. The molecule has 1 heterocycles. The number of thiol groups is 1. The Kier molecular flexibility index (Phi) is 3.91. The molecule has 1 rings (SSSR count). The van der Waals surface area contributed by atoms with Crippen LogP contribution >= 0.6 is 24.8 Å². The summed E-state index contributed by atoms with van der Waals surface area (Å²) in [7, 11) is 0. The third-order valence-corrected chi connectivity index (χ3v) is 3.44. The topological polar surface area (TPSA) is 76.2 Å². The van der Waals surface area contributed by atoms with Gasteiger partial charge in [0, 0.05) is 10.9 Å². The van der Waals surface area contributed by atoms with Crippen LogP contribution in [0.5, 0.6) is 0 Å². The first-order valence-electron chi connectivity index (χ1n) is 4.91. The van der Waals surface area contributed by atoms with Gasteiger partial charge in [-0.2, -0.15) is 12.6 Å². The van der Waals surface area contributed by atoms with E-state index in [1.807, 2.05) is 0 Å². The van der Waals surface area contributed by atoms with Gasteiger partial charge in [0.2, 0.25) is 0 Å². The number of nitrogens with zero attached hydrogens (tertiary/aromatic N) is 1. The zero-order valence-electron chi connectivity index (χ0n) is 9.54. The number of carbonyl (C=O) groups is 1. The second-order valence-electron chi connectivity index (χ2n) is 4.22. The molecule has 0 saturated carbocycles. The molecule has 0 amide bonds. The molecule has 4 nitrogen and oxygen atoms in total. The summed E-state index contributed by atoms with van der Waals surface area (Å²) < 4.78 is -1.01. The minimum Gasteiger partial charge on any atom is -0.480 e. The molecular weight excluding hydrogens is 256 g/mol. The zero-order chi connectivity index (χ0) is 13.3. The minimum absolute atomic E-state index is 0.0746. The maximum atomic E-state index is 11.4. The Labute approximate surface area is 111 Å². The summed E-state index contributed by atoms with van der Waals surface area (Å²) in [6, 6.07) is 5.08. The first-order valence-corrected chi connectivity index (χ1v) is 5.77. The van der Waals surface area contributed by atoms with Crippen LogP contribution < -0.4 is 5.73 Å². The summed E-state index contributed by atoms with van der Waals surface area (Å²) in [5.41, 5.74) is 4.57. The van der Waals surface area contributed by atoms with E-state index < -0.39 is 16.3 Å². The first-order chi connectivity index (χ1) is 7.71. The molecule has 17 heavy (non-hydrogen) atoms. The number of carboxylic acid groups (broad SMARTS) is 1. The van der Waals surface area contributed by atoms with Gasteiger partial charge in [-0.25, -0.2) is 4.79 Å². The number of hydrogen-bond donors (Lipinski definition) is 3. The fourth-order valence-electron chi connectivity index (χ4n) is 1.34. The van der Waals surface area contributed by atoms with Crippen molar-refractivity contribution in [2.45, 2.75) is 24.1 Å². The van der Waals surface area contributed by atoms with E-state index in [0.717, 1.165) is 0 Å². The second-order valence-corrected chi connectivity index (χ2v) is 5.74. The highest BCUT2D eigenvalue weighted by Crippen LogP contribution is 2.30. The fraction of sp³-hybridized carbons (Fsp3) is 0.364. The standard InChI is InChI=1S/C11H14N2O2S2/c1-10(2,17)11(12,9(14)15)8(16)7-5-3-4-6-13-7/h3-6,17H,12H2,1-2H3,(H,14,15)/t11-/m1/s1. The Morgan fingerprint density at radius 2 is 2.12 bits per heavy atom. The van der Waals surface area contributed by atoms with Crippen molar-refractivity contribution in [3.05, 3.63) is 30.1 Å². The van der Waals surface area contributed by atoms with E-state index in [-0.39, 0.29) is 4.86 Å². The molecule has 1 aromatic rings. The Hall–Kier alpha value is -0.980. The molecule has 6 heteroatoms. The van der Waals surface area contributed by atoms with E-state index in [1.54, 1.807) is 32.0 Å². The molecule has 0 fully saturated rings. The van der Waals surface area contributed by atoms with Gasteiger partial charge in [-0.05, 0) is 26.0 Å². The van der Waals surface area contributed by atoms with Gasteiger partial charge in [0.25, 0.3) is 0 Å². The lowest BCUT2D eigenvalue weighted by molar-refractivity contribution is -0.141.